The normalized spacial score (nSPS) is 14.5. The van der Waals surface area contributed by atoms with Crippen LogP contribution < -0.4 is 34.5 Å². The van der Waals surface area contributed by atoms with Crippen molar-refractivity contribution in [2.45, 2.75) is 39.5 Å². The number of hydrogen-bond acceptors (Lipinski definition) is 4. The van der Waals surface area contributed by atoms with Crippen LogP contribution in [0.1, 0.15) is 39.5 Å². The Hall–Kier alpha value is 1.11. The number of phosphoric ester groups is 1. The minimum atomic E-state index is -3.99. The molecule has 0 radical (unpaired) electrons. The fourth-order valence-electron chi connectivity index (χ4n) is 0.901. The van der Waals surface area contributed by atoms with Gasteiger partial charge in [0.05, 0.1) is 13.2 Å². The predicted molar refractivity (Wildman–Crippen MR) is 49.3 cm³/mol. The third-order valence-corrected chi connectivity index (χ3v) is 2.61. The second kappa shape index (κ2) is 10.6. The third-order valence-electron chi connectivity index (χ3n) is 1.53. The van der Waals surface area contributed by atoms with Gasteiger partial charge in [-0.3, -0.25) is 4.57 Å². The van der Waals surface area contributed by atoms with E-state index in [9.17, 15) is 9.46 Å². The maximum Gasteiger partial charge on any atom is 1.00 e. The van der Waals surface area contributed by atoms with Crippen LogP contribution in [-0.2, 0) is 13.6 Å². The van der Waals surface area contributed by atoms with E-state index in [-0.39, 0.29) is 42.8 Å². The molecule has 80 valence electrons. The van der Waals surface area contributed by atoms with Gasteiger partial charge in [0.1, 0.15) is 0 Å². The van der Waals surface area contributed by atoms with Crippen LogP contribution >= 0.6 is 7.82 Å². The van der Waals surface area contributed by atoms with E-state index in [1.165, 1.54) is 0 Å². The molecule has 1 atom stereocenters. The monoisotopic (exact) mass is 232 g/mol. The summed E-state index contributed by atoms with van der Waals surface area (Å²) in [7, 11) is -3.99. The average Bonchev–Trinajstić information content (AvgIpc) is 2.04. The summed E-state index contributed by atoms with van der Waals surface area (Å²) in [6.07, 6.45) is 4.01. The van der Waals surface area contributed by atoms with Crippen LogP contribution in [0.2, 0.25) is 0 Å². The smallest absolute Gasteiger partial charge is 0.756 e. The number of phosphoric acid groups is 1. The first-order valence-electron chi connectivity index (χ1n) is 4.72. The van der Waals surface area contributed by atoms with Crippen LogP contribution in [0.15, 0.2) is 0 Å². The number of rotatable bonds is 8. The van der Waals surface area contributed by atoms with Gasteiger partial charge in [-0.05, 0) is 13.3 Å². The van der Waals surface area contributed by atoms with E-state index in [0.29, 0.717) is 0 Å². The first-order valence-corrected chi connectivity index (χ1v) is 6.18. The van der Waals surface area contributed by atoms with Gasteiger partial charge in [0.15, 0.2) is 0 Å². The van der Waals surface area contributed by atoms with Gasteiger partial charge < -0.3 is 13.9 Å². The summed E-state index contributed by atoms with van der Waals surface area (Å²) in [6, 6.07) is 0. The fourth-order valence-corrected chi connectivity index (χ4v) is 1.64. The van der Waals surface area contributed by atoms with Crippen LogP contribution in [-0.4, -0.2) is 13.2 Å². The van der Waals surface area contributed by atoms with E-state index in [2.05, 4.69) is 16.0 Å². The molecule has 0 heterocycles. The molecule has 0 bridgehead atoms. The second-order valence-corrected chi connectivity index (χ2v) is 4.17. The molecule has 0 aliphatic rings. The maximum absolute atomic E-state index is 10.8. The Morgan fingerprint density at radius 2 is 1.79 bits per heavy atom. The zero-order valence-corrected chi connectivity index (χ0v) is 12.2. The van der Waals surface area contributed by atoms with Crippen molar-refractivity contribution in [1.29, 1.82) is 0 Å². The van der Waals surface area contributed by atoms with Gasteiger partial charge in [-0.15, -0.1) is 0 Å². The molecule has 0 aliphatic heterocycles. The Labute approximate surface area is 108 Å². The Morgan fingerprint density at radius 3 is 2.29 bits per heavy atom. The van der Waals surface area contributed by atoms with E-state index in [4.69, 9.17) is 0 Å². The van der Waals surface area contributed by atoms with Gasteiger partial charge >= 0.3 is 29.6 Å². The van der Waals surface area contributed by atoms with Crippen LogP contribution in [0.3, 0.4) is 0 Å². The minimum absolute atomic E-state index is 0. The van der Waals surface area contributed by atoms with Crippen LogP contribution in [0.25, 0.3) is 0 Å². The largest absolute Gasteiger partial charge is 1.00 e. The van der Waals surface area contributed by atoms with Gasteiger partial charge in [0.25, 0.3) is 7.82 Å². The average molecular weight is 232 g/mol. The molecule has 1 unspecified atom stereocenters. The summed E-state index contributed by atoms with van der Waals surface area (Å²) < 4.78 is 19.9. The molecule has 0 aromatic heterocycles. The van der Waals surface area contributed by atoms with Crippen molar-refractivity contribution in [3.05, 3.63) is 0 Å². The Bertz CT molecular complexity index is 165. The standard InChI is InChI=1S/C8H19O4P.Na/c1-3-5-6-7-8-12-13(9,10)11-4-2;/h3-8H2,1-2H3,(H,9,10);/q;+1/p-1. The molecule has 0 spiro atoms. The van der Waals surface area contributed by atoms with E-state index < -0.39 is 7.82 Å². The minimum Gasteiger partial charge on any atom is -0.756 e. The van der Waals surface area contributed by atoms with Gasteiger partial charge in [0, 0.05) is 0 Å². The molecular formula is C8H18NaO4P. The third kappa shape index (κ3) is 11.2. The molecule has 4 nitrogen and oxygen atoms in total. The number of unbranched alkanes of at least 4 members (excludes halogenated alkanes) is 3. The summed E-state index contributed by atoms with van der Waals surface area (Å²) in [5.74, 6) is 0. The zero-order chi connectivity index (χ0) is 10.2. The first-order chi connectivity index (χ1) is 6.12. The van der Waals surface area contributed by atoms with E-state index in [0.717, 1.165) is 25.7 Å². The van der Waals surface area contributed by atoms with E-state index in [1.54, 1.807) is 6.92 Å². The maximum atomic E-state index is 10.8. The van der Waals surface area contributed by atoms with Crippen LogP contribution in [0, 0.1) is 0 Å². The van der Waals surface area contributed by atoms with Crippen LogP contribution in [0.4, 0.5) is 0 Å². The Balaban J connectivity index is 0. The van der Waals surface area contributed by atoms with Crippen molar-refractivity contribution < 1.29 is 48.1 Å². The molecule has 0 aromatic rings. The summed E-state index contributed by atoms with van der Waals surface area (Å²) in [6.45, 7) is 4.08. The fraction of sp³-hybridized carbons (Fsp3) is 1.00. The van der Waals surface area contributed by atoms with Crippen molar-refractivity contribution in [3.8, 4) is 0 Å². The molecule has 0 amide bonds. The molecule has 0 saturated carbocycles. The molecule has 14 heavy (non-hydrogen) atoms. The summed E-state index contributed by atoms with van der Waals surface area (Å²) in [5.41, 5.74) is 0. The summed E-state index contributed by atoms with van der Waals surface area (Å²) in [4.78, 5) is 10.8. The topological polar surface area (TPSA) is 58.6 Å². The second-order valence-electron chi connectivity index (χ2n) is 2.76. The Morgan fingerprint density at radius 1 is 1.14 bits per heavy atom. The van der Waals surface area contributed by atoms with Crippen molar-refractivity contribution in [1.82, 2.24) is 0 Å². The molecule has 0 saturated heterocycles. The molecule has 0 aromatic carbocycles. The first kappa shape index (κ1) is 17.5. The Kier molecular flexibility index (Phi) is 13.3. The van der Waals surface area contributed by atoms with Crippen molar-refractivity contribution in [2.75, 3.05) is 13.2 Å². The molecule has 0 rings (SSSR count). The van der Waals surface area contributed by atoms with Gasteiger partial charge in [-0.2, -0.15) is 0 Å². The van der Waals surface area contributed by atoms with Crippen molar-refractivity contribution in [2.24, 2.45) is 0 Å². The number of hydrogen-bond donors (Lipinski definition) is 0. The summed E-state index contributed by atoms with van der Waals surface area (Å²) in [5, 5.41) is 0. The predicted octanol–water partition coefficient (Wildman–Crippen LogP) is -0.908. The molecule has 0 N–H and O–H groups in total. The van der Waals surface area contributed by atoms with E-state index in [1.807, 2.05) is 0 Å². The SMILES string of the molecule is CCCCCCOP(=O)([O-])OCC.[Na+]. The van der Waals surface area contributed by atoms with Gasteiger partial charge in [-0.25, -0.2) is 0 Å². The summed E-state index contributed by atoms with van der Waals surface area (Å²) >= 11 is 0. The molecule has 0 fully saturated rings. The molecule has 6 heteroatoms. The van der Waals surface area contributed by atoms with E-state index >= 15 is 0 Å². The zero-order valence-electron chi connectivity index (χ0n) is 9.32. The van der Waals surface area contributed by atoms with Gasteiger partial charge in [-0.1, -0.05) is 26.2 Å². The van der Waals surface area contributed by atoms with Gasteiger partial charge in [0.2, 0.25) is 0 Å². The molecule has 0 aliphatic carbocycles. The van der Waals surface area contributed by atoms with Crippen LogP contribution in [0.5, 0.6) is 0 Å². The van der Waals surface area contributed by atoms with Crippen molar-refractivity contribution >= 4 is 7.82 Å². The quantitative estimate of drug-likeness (QED) is 0.309. The van der Waals surface area contributed by atoms with Crippen molar-refractivity contribution in [3.63, 3.8) is 0 Å². The molecular weight excluding hydrogens is 214 g/mol.